The zero-order valence-electron chi connectivity index (χ0n) is 17.8. The zero-order valence-corrected chi connectivity index (χ0v) is 20.2. The van der Waals surface area contributed by atoms with E-state index < -0.39 is 16.2 Å². The Morgan fingerprint density at radius 1 is 1.21 bits per heavy atom. The molecule has 174 valence electrons. The van der Waals surface area contributed by atoms with Gasteiger partial charge in [0.1, 0.15) is 6.17 Å². The predicted octanol–water partition coefficient (Wildman–Crippen LogP) is 4.34. The molecule has 3 heterocycles. The van der Waals surface area contributed by atoms with Gasteiger partial charge in [-0.15, -0.1) is 11.3 Å². The maximum atomic E-state index is 13.1. The molecule has 12 heteroatoms. The fourth-order valence-electron chi connectivity index (χ4n) is 3.24. The average Bonchev–Trinajstić information content (AvgIpc) is 3.13. The fraction of sp³-hybridized carbons (Fsp3) is 0.286. The standard InChI is InChI=1S/C21H21ClFN5O3S2/c1-3-33(30,31)27-16-5-13(22)4-15(6-16)26-21(29)19-7-18(12(2)32-19)20-24-8-17(9-25-20)28-10-14(23)11-28/h4-9,14,27H,3,10-11H2,1-2H3,(H,26,29). The molecule has 1 fully saturated rings. The lowest BCUT2D eigenvalue weighted by Gasteiger charge is -2.35. The fourth-order valence-corrected chi connectivity index (χ4v) is 5.01. The van der Waals surface area contributed by atoms with Crippen LogP contribution >= 0.6 is 22.9 Å². The first kappa shape index (κ1) is 23.4. The van der Waals surface area contributed by atoms with E-state index in [-0.39, 0.29) is 22.4 Å². The van der Waals surface area contributed by atoms with Crippen LogP contribution in [0.3, 0.4) is 0 Å². The lowest BCUT2D eigenvalue weighted by Crippen LogP contribution is -2.48. The predicted molar refractivity (Wildman–Crippen MR) is 130 cm³/mol. The number of carbonyl (C=O) groups excluding carboxylic acids is 1. The summed E-state index contributed by atoms with van der Waals surface area (Å²) in [6.45, 7) is 4.08. The van der Waals surface area contributed by atoms with Gasteiger partial charge in [0.25, 0.3) is 5.91 Å². The van der Waals surface area contributed by atoms with E-state index in [0.717, 1.165) is 16.1 Å². The largest absolute Gasteiger partial charge is 0.363 e. The van der Waals surface area contributed by atoms with Gasteiger partial charge in [0.2, 0.25) is 10.0 Å². The van der Waals surface area contributed by atoms with Crippen molar-refractivity contribution in [2.45, 2.75) is 20.0 Å². The van der Waals surface area contributed by atoms with Crippen LogP contribution in [0.1, 0.15) is 21.5 Å². The van der Waals surface area contributed by atoms with Crippen molar-refractivity contribution in [1.82, 2.24) is 9.97 Å². The van der Waals surface area contributed by atoms with E-state index in [9.17, 15) is 17.6 Å². The third-order valence-corrected chi connectivity index (χ3v) is 7.61. The zero-order chi connectivity index (χ0) is 23.8. The van der Waals surface area contributed by atoms with Crippen molar-refractivity contribution in [3.63, 3.8) is 0 Å². The normalized spacial score (nSPS) is 14.1. The number of amides is 1. The van der Waals surface area contributed by atoms with Crippen LogP contribution in [0.5, 0.6) is 0 Å². The van der Waals surface area contributed by atoms with E-state index in [1.807, 2.05) is 11.8 Å². The quantitative estimate of drug-likeness (QED) is 0.491. The van der Waals surface area contributed by atoms with Crippen molar-refractivity contribution >= 4 is 55.9 Å². The lowest BCUT2D eigenvalue weighted by atomic mass is 10.2. The number of halogens is 2. The first-order valence-corrected chi connectivity index (χ1v) is 12.9. The van der Waals surface area contributed by atoms with Gasteiger partial charge in [-0.05, 0) is 38.1 Å². The number of aromatic nitrogens is 2. The summed E-state index contributed by atoms with van der Waals surface area (Å²) in [5.41, 5.74) is 2.10. The number of rotatable bonds is 7. The van der Waals surface area contributed by atoms with Crippen molar-refractivity contribution in [2.75, 3.05) is 33.8 Å². The highest BCUT2D eigenvalue weighted by Crippen LogP contribution is 2.31. The second-order valence-electron chi connectivity index (χ2n) is 7.54. The third-order valence-electron chi connectivity index (χ3n) is 5.03. The maximum Gasteiger partial charge on any atom is 0.265 e. The Bertz CT molecular complexity index is 1290. The molecule has 2 N–H and O–H groups in total. The number of aryl methyl sites for hydroxylation is 1. The minimum atomic E-state index is -3.48. The molecule has 1 saturated heterocycles. The molecule has 4 rings (SSSR count). The molecule has 0 spiro atoms. The Hall–Kier alpha value is -2.76. The van der Waals surface area contributed by atoms with Gasteiger partial charge < -0.3 is 10.2 Å². The Morgan fingerprint density at radius 3 is 2.52 bits per heavy atom. The Labute approximate surface area is 199 Å². The molecule has 2 aromatic heterocycles. The van der Waals surface area contributed by atoms with Gasteiger partial charge in [0.05, 0.1) is 47.5 Å². The van der Waals surface area contributed by atoms with Crippen molar-refractivity contribution in [3.8, 4) is 11.4 Å². The summed E-state index contributed by atoms with van der Waals surface area (Å²) in [4.78, 5) is 24.7. The number of alkyl halides is 1. The van der Waals surface area contributed by atoms with Crippen LogP contribution < -0.4 is 14.9 Å². The van der Waals surface area contributed by atoms with Gasteiger partial charge in [-0.2, -0.15) is 0 Å². The number of thiophene rings is 1. The summed E-state index contributed by atoms with van der Waals surface area (Å²) in [6, 6.07) is 6.20. The van der Waals surface area contributed by atoms with Gasteiger partial charge >= 0.3 is 0 Å². The summed E-state index contributed by atoms with van der Waals surface area (Å²) in [5, 5.41) is 3.03. The van der Waals surface area contributed by atoms with Crippen LogP contribution in [-0.2, 0) is 10.0 Å². The molecule has 1 aromatic carbocycles. The second-order valence-corrected chi connectivity index (χ2v) is 11.2. The van der Waals surface area contributed by atoms with Crippen LogP contribution in [0, 0.1) is 6.92 Å². The van der Waals surface area contributed by atoms with Crippen LogP contribution in [-0.4, -0.2) is 49.3 Å². The van der Waals surface area contributed by atoms with Gasteiger partial charge in [-0.3, -0.25) is 9.52 Å². The summed E-state index contributed by atoms with van der Waals surface area (Å²) in [7, 11) is -3.48. The van der Waals surface area contributed by atoms with Crippen molar-refractivity contribution in [3.05, 3.63) is 51.4 Å². The van der Waals surface area contributed by atoms with Crippen LogP contribution in [0.2, 0.25) is 5.02 Å². The molecule has 0 radical (unpaired) electrons. The molecule has 0 bridgehead atoms. The van der Waals surface area contributed by atoms with E-state index >= 15 is 0 Å². The minimum Gasteiger partial charge on any atom is -0.363 e. The maximum absolute atomic E-state index is 13.1. The Kier molecular flexibility index (Phi) is 6.55. The lowest BCUT2D eigenvalue weighted by molar-refractivity contribution is 0.103. The molecule has 8 nitrogen and oxygen atoms in total. The Morgan fingerprint density at radius 2 is 1.88 bits per heavy atom. The molecule has 33 heavy (non-hydrogen) atoms. The van der Waals surface area contributed by atoms with E-state index in [1.54, 1.807) is 18.5 Å². The molecule has 1 aliphatic heterocycles. The third kappa shape index (κ3) is 5.43. The highest BCUT2D eigenvalue weighted by atomic mass is 35.5. The smallest absolute Gasteiger partial charge is 0.265 e. The van der Waals surface area contributed by atoms with Crippen LogP contribution in [0.4, 0.5) is 21.5 Å². The summed E-state index contributed by atoms with van der Waals surface area (Å²) in [6.07, 6.45) is 2.48. The number of nitrogens with one attached hydrogen (secondary N) is 2. The summed E-state index contributed by atoms with van der Waals surface area (Å²) < 4.78 is 39.1. The first-order chi connectivity index (χ1) is 15.6. The monoisotopic (exact) mass is 509 g/mol. The SMILES string of the molecule is CCS(=O)(=O)Nc1cc(Cl)cc(NC(=O)c2cc(-c3ncc(N4CC(F)C4)cn3)c(C)s2)c1. The molecule has 0 saturated carbocycles. The van der Waals surface area contributed by atoms with Crippen molar-refractivity contribution < 1.29 is 17.6 Å². The highest BCUT2D eigenvalue weighted by molar-refractivity contribution is 7.92. The number of nitrogens with zero attached hydrogens (tertiary/aromatic N) is 3. The molecule has 0 unspecified atom stereocenters. The van der Waals surface area contributed by atoms with Crippen LogP contribution in [0.25, 0.3) is 11.4 Å². The van der Waals surface area contributed by atoms with Crippen LogP contribution in [0.15, 0.2) is 36.7 Å². The summed E-state index contributed by atoms with van der Waals surface area (Å²) in [5.74, 6) is 0.0191. The van der Waals surface area contributed by atoms with E-state index in [4.69, 9.17) is 11.6 Å². The van der Waals surface area contributed by atoms with Gasteiger partial charge in [0, 0.05) is 21.2 Å². The molecular weight excluding hydrogens is 489 g/mol. The minimum absolute atomic E-state index is 0.0874. The van der Waals surface area contributed by atoms with Gasteiger partial charge in [0.15, 0.2) is 5.82 Å². The number of hydrogen-bond donors (Lipinski definition) is 2. The number of carbonyl (C=O) groups is 1. The average molecular weight is 510 g/mol. The number of benzene rings is 1. The first-order valence-electron chi connectivity index (χ1n) is 10.1. The van der Waals surface area contributed by atoms with Gasteiger partial charge in [-0.1, -0.05) is 11.6 Å². The molecule has 0 atom stereocenters. The topological polar surface area (TPSA) is 104 Å². The molecule has 3 aromatic rings. The molecule has 1 aliphatic rings. The van der Waals surface area contributed by atoms with E-state index in [2.05, 4.69) is 20.0 Å². The molecular formula is C21H21ClFN5O3S2. The van der Waals surface area contributed by atoms with Crippen molar-refractivity contribution in [2.24, 2.45) is 0 Å². The van der Waals surface area contributed by atoms with Gasteiger partial charge in [-0.25, -0.2) is 22.8 Å². The number of anilines is 3. The van der Waals surface area contributed by atoms with Crippen molar-refractivity contribution in [1.29, 1.82) is 0 Å². The van der Waals surface area contributed by atoms with E-state index in [0.29, 0.717) is 29.5 Å². The molecule has 0 aliphatic carbocycles. The molecule has 1 amide bonds. The summed E-state index contributed by atoms with van der Waals surface area (Å²) >= 11 is 7.38. The number of hydrogen-bond acceptors (Lipinski definition) is 7. The number of sulfonamides is 1. The Balaban J connectivity index is 1.50. The van der Waals surface area contributed by atoms with E-state index in [1.165, 1.54) is 36.5 Å². The highest BCUT2D eigenvalue weighted by Gasteiger charge is 2.27. The second kappa shape index (κ2) is 9.24.